The van der Waals surface area contributed by atoms with Crippen molar-refractivity contribution in [2.45, 2.75) is 33.2 Å². The van der Waals surface area contributed by atoms with Gasteiger partial charge in [-0.1, -0.05) is 31.5 Å². The maximum atomic E-state index is 13.1. The number of hydrogen-bond donors (Lipinski definition) is 0. The zero-order valence-electron chi connectivity index (χ0n) is 15.6. The molecule has 140 valence electrons. The van der Waals surface area contributed by atoms with E-state index in [9.17, 15) is 13.2 Å². The van der Waals surface area contributed by atoms with Crippen LogP contribution in [-0.2, 0) is 14.8 Å². The second-order valence-electron chi connectivity index (χ2n) is 6.58. The van der Waals surface area contributed by atoms with Crippen LogP contribution >= 0.6 is 0 Å². The average Bonchev–Trinajstić information content (AvgIpc) is 2.59. The van der Waals surface area contributed by atoms with Gasteiger partial charge in [0, 0.05) is 26.2 Å². The summed E-state index contributed by atoms with van der Waals surface area (Å²) < 4.78 is 26.2. The van der Waals surface area contributed by atoms with E-state index in [2.05, 4.69) is 11.8 Å². The Bertz CT molecular complexity index is 680. The first-order valence-electron chi connectivity index (χ1n) is 8.85. The molecule has 1 fully saturated rings. The van der Waals surface area contributed by atoms with Gasteiger partial charge in [-0.05, 0) is 32.0 Å². The van der Waals surface area contributed by atoms with Gasteiger partial charge in [0.05, 0.1) is 11.9 Å². The average molecular weight is 368 g/mol. The fourth-order valence-corrected chi connectivity index (χ4v) is 4.44. The van der Waals surface area contributed by atoms with Crippen LogP contribution in [0.3, 0.4) is 0 Å². The van der Waals surface area contributed by atoms with Crippen LogP contribution in [0.15, 0.2) is 24.3 Å². The number of amides is 1. The van der Waals surface area contributed by atoms with Crippen LogP contribution in [0, 0.1) is 6.92 Å². The highest BCUT2D eigenvalue weighted by Gasteiger charge is 2.35. The molecule has 7 heteroatoms. The second kappa shape index (κ2) is 8.19. The molecule has 0 aliphatic carbocycles. The van der Waals surface area contributed by atoms with Crippen LogP contribution in [0.4, 0.5) is 5.69 Å². The Morgan fingerprint density at radius 1 is 1.12 bits per heavy atom. The summed E-state index contributed by atoms with van der Waals surface area (Å²) in [5.74, 6) is -0.107. The van der Waals surface area contributed by atoms with Gasteiger partial charge < -0.3 is 9.80 Å². The zero-order valence-corrected chi connectivity index (χ0v) is 16.4. The van der Waals surface area contributed by atoms with E-state index in [0.29, 0.717) is 25.2 Å². The van der Waals surface area contributed by atoms with E-state index in [1.807, 2.05) is 26.0 Å². The fraction of sp³-hybridized carbons (Fsp3) is 0.611. The molecule has 1 amide bonds. The lowest BCUT2D eigenvalue weighted by Crippen LogP contribution is -2.55. The summed E-state index contributed by atoms with van der Waals surface area (Å²) in [6.45, 7) is 9.85. The summed E-state index contributed by atoms with van der Waals surface area (Å²) in [6, 6.07) is 6.56. The highest BCUT2D eigenvalue weighted by Crippen LogP contribution is 2.24. The van der Waals surface area contributed by atoms with Gasteiger partial charge >= 0.3 is 0 Å². The maximum absolute atomic E-state index is 13.1. The van der Waals surface area contributed by atoms with Gasteiger partial charge in [-0.3, -0.25) is 9.10 Å². The first-order chi connectivity index (χ1) is 11.8. The third-order valence-electron chi connectivity index (χ3n) is 4.73. The van der Waals surface area contributed by atoms with Gasteiger partial charge in [-0.2, -0.15) is 0 Å². The van der Waals surface area contributed by atoms with Crippen LogP contribution in [0.1, 0.15) is 25.8 Å². The van der Waals surface area contributed by atoms with Crippen molar-refractivity contribution in [2.75, 3.05) is 43.3 Å². The van der Waals surface area contributed by atoms with Crippen molar-refractivity contribution in [1.82, 2.24) is 9.80 Å². The summed E-state index contributed by atoms with van der Waals surface area (Å²) in [5.41, 5.74) is 1.59. The summed E-state index contributed by atoms with van der Waals surface area (Å²) in [7, 11) is -3.57. The van der Waals surface area contributed by atoms with E-state index in [1.54, 1.807) is 17.0 Å². The number of carbonyl (C=O) groups is 1. The summed E-state index contributed by atoms with van der Waals surface area (Å²) in [6.07, 6.45) is 1.60. The largest absolute Gasteiger partial charge is 0.338 e. The molecule has 1 aromatic carbocycles. The quantitative estimate of drug-likeness (QED) is 0.768. The topological polar surface area (TPSA) is 60.9 Å². The van der Waals surface area contributed by atoms with Crippen molar-refractivity contribution in [1.29, 1.82) is 0 Å². The number of aryl methyl sites for hydroxylation is 1. The van der Waals surface area contributed by atoms with Crippen LogP contribution in [0.2, 0.25) is 0 Å². The molecule has 1 saturated heterocycles. The van der Waals surface area contributed by atoms with Crippen LogP contribution in [0.25, 0.3) is 0 Å². The van der Waals surface area contributed by atoms with Crippen molar-refractivity contribution in [3.63, 3.8) is 0 Å². The number of likely N-dealkylation sites (N-methyl/N-ethyl adjacent to an activating group) is 1. The van der Waals surface area contributed by atoms with Crippen molar-refractivity contribution < 1.29 is 13.2 Å². The second-order valence-corrected chi connectivity index (χ2v) is 8.44. The van der Waals surface area contributed by atoms with Gasteiger partial charge in [0.25, 0.3) is 0 Å². The molecule has 0 N–H and O–H groups in total. The third kappa shape index (κ3) is 4.73. The predicted molar refractivity (Wildman–Crippen MR) is 101 cm³/mol. The van der Waals surface area contributed by atoms with Gasteiger partial charge in [0.1, 0.15) is 6.04 Å². The van der Waals surface area contributed by atoms with Gasteiger partial charge in [-0.25, -0.2) is 8.42 Å². The lowest BCUT2D eigenvalue weighted by molar-refractivity contribution is -0.134. The van der Waals surface area contributed by atoms with E-state index in [-0.39, 0.29) is 5.91 Å². The molecular formula is C18H29N3O3S. The van der Waals surface area contributed by atoms with E-state index >= 15 is 0 Å². The minimum Gasteiger partial charge on any atom is -0.338 e. The molecule has 1 heterocycles. The molecule has 1 aromatic rings. The molecule has 0 unspecified atom stereocenters. The molecule has 1 aliphatic rings. The minimum atomic E-state index is -3.57. The molecule has 0 bridgehead atoms. The Labute approximate surface area is 151 Å². The first-order valence-corrected chi connectivity index (χ1v) is 10.7. The number of hydrogen-bond acceptors (Lipinski definition) is 4. The molecular weight excluding hydrogens is 338 g/mol. The van der Waals surface area contributed by atoms with Gasteiger partial charge in [-0.15, -0.1) is 0 Å². The molecule has 0 spiro atoms. The predicted octanol–water partition coefficient (Wildman–Crippen LogP) is 1.70. The number of rotatable bonds is 6. The van der Waals surface area contributed by atoms with Crippen LogP contribution in [0.5, 0.6) is 0 Å². The number of carbonyl (C=O) groups excluding carboxylic acids is 1. The molecule has 1 aliphatic heterocycles. The van der Waals surface area contributed by atoms with E-state index in [4.69, 9.17) is 0 Å². The summed E-state index contributed by atoms with van der Waals surface area (Å²) >= 11 is 0. The van der Waals surface area contributed by atoms with Crippen molar-refractivity contribution in [2.24, 2.45) is 0 Å². The number of sulfonamides is 1. The summed E-state index contributed by atoms with van der Waals surface area (Å²) in [4.78, 5) is 17.1. The number of piperazine rings is 1. The van der Waals surface area contributed by atoms with Crippen LogP contribution < -0.4 is 4.31 Å². The van der Waals surface area contributed by atoms with E-state index in [0.717, 1.165) is 31.5 Å². The molecule has 1 atom stereocenters. The molecule has 0 radical (unpaired) electrons. The molecule has 6 nitrogen and oxygen atoms in total. The Balaban J connectivity index is 2.27. The van der Waals surface area contributed by atoms with Gasteiger partial charge in [0.15, 0.2) is 0 Å². The SMILES string of the molecule is CC[C@@H](C(=O)N1CCN(CC)CC1)N(c1ccc(C)cc1)S(C)(=O)=O. The first kappa shape index (κ1) is 19.7. The highest BCUT2D eigenvalue weighted by molar-refractivity contribution is 7.92. The molecule has 0 aromatic heterocycles. The molecule has 0 saturated carbocycles. The van der Waals surface area contributed by atoms with Crippen LogP contribution in [-0.4, -0.2) is 69.1 Å². The lowest BCUT2D eigenvalue weighted by Gasteiger charge is -2.38. The Morgan fingerprint density at radius 3 is 2.12 bits per heavy atom. The Hall–Kier alpha value is -1.60. The normalized spacial score (nSPS) is 17.4. The van der Waals surface area contributed by atoms with E-state index in [1.165, 1.54) is 4.31 Å². The standard InChI is InChI=1S/C18H29N3O3S/c1-5-17(18(22)20-13-11-19(6-2)12-14-20)21(25(4,23)24)16-9-7-15(3)8-10-16/h7-10,17H,5-6,11-14H2,1-4H3/t17-/m0/s1. The number of nitrogens with zero attached hydrogens (tertiary/aromatic N) is 3. The smallest absolute Gasteiger partial charge is 0.246 e. The number of benzene rings is 1. The molecule has 2 rings (SSSR count). The molecule has 25 heavy (non-hydrogen) atoms. The Morgan fingerprint density at radius 2 is 1.68 bits per heavy atom. The van der Waals surface area contributed by atoms with E-state index < -0.39 is 16.1 Å². The fourth-order valence-electron chi connectivity index (χ4n) is 3.23. The lowest BCUT2D eigenvalue weighted by atomic mass is 10.1. The highest BCUT2D eigenvalue weighted by atomic mass is 32.2. The van der Waals surface area contributed by atoms with Crippen molar-refractivity contribution in [3.05, 3.63) is 29.8 Å². The Kier molecular flexibility index (Phi) is 6.46. The monoisotopic (exact) mass is 367 g/mol. The van der Waals surface area contributed by atoms with Crippen molar-refractivity contribution >= 4 is 21.6 Å². The minimum absolute atomic E-state index is 0.107. The third-order valence-corrected chi connectivity index (χ3v) is 5.91. The summed E-state index contributed by atoms with van der Waals surface area (Å²) in [5, 5.41) is 0. The van der Waals surface area contributed by atoms with Crippen molar-refractivity contribution in [3.8, 4) is 0 Å². The maximum Gasteiger partial charge on any atom is 0.246 e. The zero-order chi connectivity index (χ0) is 18.6. The number of anilines is 1. The van der Waals surface area contributed by atoms with Gasteiger partial charge in [0.2, 0.25) is 15.9 Å².